The Kier molecular flexibility index (Phi) is 6.28. The normalized spacial score (nSPS) is 17.8. The quantitative estimate of drug-likeness (QED) is 0.780. The predicted octanol–water partition coefficient (Wildman–Crippen LogP) is 1.67. The molecule has 2 aliphatic heterocycles. The molecule has 1 fully saturated rings. The van der Waals surface area contributed by atoms with Crippen molar-refractivity contribution >= 4 is 17.5 Å². The second-order valence-corrected chi connectivity index (χ2v) is 6.99. The molecule has 1 aromatic carbocycles. The van der Waals surface area contributed by atoms with Crippen molar-refractivity contribution in [3.63, 3.8) is 0 Å². The van der Waals surface area contributed by atoms with Gasteiger partial charge in [0.2, 0.25) is 11.8 Å². The summed E-state index contributed by atoms with van der Waals surface area (Å²) in [5.74, 6) is -0.0176. The summed E-state index contributed by atoms with van der Waals surface area (Å²) in [6.45, 7) is 6.27. The average molecular weight is 356 g/mol. The van der Waals surface area contributed by atoms with Crippen molar-refractivity contribution in [3.8, 4) is 0 Å². The van der Waals surface area contributed by atoms with Gasteiger partial charge in [-0.2, -0.15) is 0 Å². The summed E-state index contributed by atoms with van der Waals surface area (Å²) in [7, 11) is 0. The molecule has 3 rings (SSSR count). The number of hydrogen-bond donors (Lipinski definition) is 2. The van der Waals surface area contributed by atoms with Gasteiger partial charge in [-0.15, -0.1) is 0 Å². The van der Waals surface area contributed by atoms with Crippen molar-refractivity contribution in [3.05, 3.63) is 41.5 Å². The molecule has 140 valence electrons. The molecular formula is C20H28N4O2. The Morgan fingerprint density at radius 1 is 1.15 bits per heavy atom. The van der Waals surface area contributed by atoms with Crippen LogP contribution < -0.4 is 10.7 Å². The minimum Gasteiger partial charge on any atom is -0.355 e. The maximum absolute atomic E-state index is 12.1. The van der Waals surface area contributed by atoms with Crippen LogP contribution in [0.1, 0.15) is 36.8 Å². The van der Waals surface area contributed by atoms with Gasteiger partial charge in [0.1, 0.15) is 0 Å². The summed E-state index contributed by atoms with van der Waals surface area (Å²) in [6, 6.07) is 8.17. The van der Waals surface area contributed by atoms with Gasteiger partial charge >= 0.3 is 0 Å². The third-order valence-corrected chi connectivity index (χ3v) is 4.91. The lowest BCUT2D eigenvalue weighted by Gasteiger charge is -2.29. The molecule has 2 aliphatic rings. The number of amides is 2. The predicted molar refractivity (Wildman–Crippen MR) is 102 cm³/mol. The van der Waals surface area contributed by atoms with Crippen molar-refractivity contribution in [2.45, 2.75) is 32.6 Å². The number of hydrogen-bond acceptors (Lipinski definition) is 4. The van der Waals surface area contributed by atoms with Crippen molar-refractivity contribution in [2.24, 2.45) is 0 Å². The van der Waals surface area contributed by atoms with Crippen LogP contribution in [-0.2, 0) is 9.59 Å². The van der Waals surface area contributed by atoms with Crippen molar-refractivity contribution in [1.29, 1.82) is 0 Å². The molecule has 0 aromatic heterocycles. The van der Waals surface area contributed by atoms with Gasteiger partial charge in [0, 0.05) is 25.9 Å². The monoisotopic (exact) mass is 356 g/mol. The molecule has 0 radical (unpaired) electrons. The zero-order valence-corrected chi connectivity index (χ0v) is 15.5. The van der Waals surface area contributed by atoms with Gasteiger partial charge < -0.3 is 10.2 Å². The van der Waals surface area contributed by atoms with E-state index in [1.165, 1.54) is 18.4 Å². The van der Waals surface area contributed by atoms with Gasteiger partial charge in [-0.3, -0.25) is 20.0 Å². The molecule has 6 heteroatoms. The molecule has 0 saturated carbocycles. The standard InChI is InChI=1S/C20H28N4O2/c1-16-4-6-17(7-5-16)18-8-9-20(26)24(22-18)14-10-19(25)21-11-15-23-12-2-3-13-23/h4-8,22H,2-3,9-15H2,1H3,(H,21,25). The topological polar surface area (TPSA) is 64.7 Å². The van der Waals surface area contributed by atoms with Crippen LogP contribution >= 0.6 is 0 Å². The lowest BCUT2D eigenvalue weighted by Crippen LogP contribution is -2.46. The van der Waals surface area contributed by atoms with Crippen LogP contribution in [0.25, 0.3) is 5.70 Å². The third kappa shape index (κ3) is 5.08. The maximum Gasteiger partial charge on any atom is 0.244 e. The lowest BCUT2D eigenvalue weighted by molar-refractivity contribution is -0.133. The highest BCUT2D eigenvalue weighted by Gasteiger charge is 2.20. The Hall–Kier alpha value is -2.34. The van der Waals surface area contributed by atoms with Crippen LogP contribution in [0.15, 0.2) is 30.3 Å². The fraction of sp³-hybridized carbons (Fsp3) is 0.500. The highest BCUT2D eigenvalue weighted by Crippen LogP contribution is 2.18. The van der Waals surface area contributed by atoms with Gasteiger partial charge in [-0.05, 0) is 44.5 Å². The molecule has 0 aliphatic carbocycles. The van der Waals surface area contributed by atoms with Crippen molar-refractivity contribution in [2.75, 3.05) is 32.7 Å². The average Bonchev–Trinajstić information content (AvgIpc) is 3.15. The van der Waals surface area contributed by atoms with E-state index in [0.29, 0.717) is 25.9 Å². The number of aryl methyl sites for hydroxylation is 1. The van der Waals surface area contributed by atoms with Crippen LogP contribution in [-0.4, -0.2) is 54.4 Å². The lowest BCUT2D eigenvalue weighted by atomic mass is 10.1. The van der Waals surface area contributed by atoms with E-state index in [4.69, 9.17) is 0 Å². The number of benzene rings is 1. The first-order valence-electron chi connectivity index (χ1n) is 9.45. The number of hydrazine groups is 1. The molecule has 0 unspecified atom stereocenters. The molecule has 1 aromatic rings. The molecular weight excluding hydrogens is 328 g/mol. The van der Waals surface area contributed by atoms with Gasteiger partial charge in [0.25, 0.3) is 0 Å². The van der Waals surface area contributed by atoms with E-state index in [0.717, 1.165) is 30.9 Å². The van der Waals surface area contributed by atoms with Crippen molar-refractivity contribution < 1.29 is 9.59 Å². The van der Waals surface area contributed by atoms with Crippen LogP contribution in [0.4, 0.5) is 0 Å². The first-order valence-corrected chi connectivity index (χ1v) is 9.45. The van der Waals surface area contributed by atoms with Crippen molar-refractivity contribution in [1.82, 2.24) is 20.7 Å². The fourth-order valence-corrected chi connectivity index (χ4v) is 3.31. The number of nitrogens with one attached hydrogen (secondary N) is 2. The first-order chi connectivity index (χ1) is 12.6. The van der Waals surface area contributed by atoms with Gasteiger partial charge in [-0.25, -0.2) is 0 Å². The number of rotatable bonds is 7. The Morgan fingerprint density at radius 3 is 2.62 bits per heavy atom. The molecule has 2 heterocycles. The number of nitrogens with zero attached hydrogens (tertiary/aromatic N) is 2. The molecule has 0 atom stereocenters. The third-order valence-electron chi connectivity index (χ3n) is 4.91. The largest absolute Gasteiger partial charge is 0.355 e. The molecule has 1 saturated heterocycles. The smallest absolute Gasteiger partial charge is 0.244 e. The second kappa shape index (κ2) is 8.85. The minimum atomic E-state index is -0.00904. The zero-order chi connectivity index (χ0) is 18.4. The van der Waals surface area contributed by atoms with E-state index in [-0.39, 0.29) is 11.8 Å². The molecule has 0 spiro atoms. The Labute approximate surface area is 155 Å². The van der Waals surface area contributed by atoms with Gasteiger partial charge in [0.15, 0.2) is 0 Å². The fourth-order valence-electron chi connectivity index (χ4n) is 3.31. The molecule has 0 bridgehead atoms. The summed E-state index contributed by atoms with van der Waals surface area (Å²) < 4.78 is 0. The SMILES string of the molecule is Cc1ccc(C2=CCC(=O)N(CCC(=O)NCCN3CCCC3)N2)cc1. The number of likely N-dealkylation sites (tertiary alicyclic amines) is 1. The van der Waals surface area contributed by atoms with Gasteiger partial charge in [0.05, 0.1) is 12.2 Å². The molecule has 2 amide bonds. The summed E-state index contributed by atoms with van der Waals surface area (Å²) in [4.78, 5) is 26.5. The van der Waals surface area contributed by atoms with Gasteiger partial charge in [-0.1, -0.05) is 29.8 Å². The first kappa shape index (κ1) is 18.5. The second-order valence-electron chi connectivity index (χ2n) is 6.99. The van der Waals surface area contributed by atoms with E-state index in [2.05, 4.69) is 15.6 Å². The number of carbonyl (C=O) groups is 2. The molecule has 6 nitrogen and oxygen atoms in total. The summed E-state index contributed by atoms with van der Waals surface area (Å²) >= 11 is 0. The van der Waals surface area contributed by atoms with Crippen LogP contribution in [0.2, 0.25) is 0 Å². The van der Waals surface area contributed by atoms with Crippen LogP contribution in [0.3, 0.4) is 0 Å². The highest BCUT2D eigenvalue weighted by atomic mass is 16.2. The summed E-state index contributed by atoms with van der Waals surface area (Å²) in [6.07, 6.45) is 5.08. The molecule has 26 heavy (non-hydrogen) atoms. The highest BCUT2D eigenvalue weighted by molar-refractivity contribution is 5.84. The Morgan fingerprint density at radius 2 is 1.88 bits per heavy atom. The van der Waals surface area contributed by atoms with E-state index < -0.39 is 0 Å². The minimum absolute atomic E-state index is 0.00858. The zero-order valence-electron chi connectivity index (χ0n) is 15.5. The van der Waals surface area contributed by atoms with E-state index in [1.807, 2.05) is 37.3 Å². The van der Waals surface area contributed by atoms with E-state index >= 15 is 0 Å². The van der Waals surface area contributed by atoms with E-state index in [9.17, 15) is 9.59 Å². The Balaban J connectivity index is 1.43. The van der Waals surface area contributed by atoms with Crippen LogP contribution in [0, 0.1) is 6.92 Å². The van der Waals surface area contributed by atoms with Crippen LogP contribution in [0.5, 0.6) is 0 Å². The maximum atomic E-state index is 12.1. The molecule has 2 N–H and O–H groups in total. The summed E-state index contributed by atoms with van der Waals surface area (Å²) in [5, 5.41) is 4.50. The summed E-state index contributed by atoms with van der Waals surface area (Å²) in [5.41, 5.74) is 6.31. The van der Waals surface area contributed by atoms with E-state index in [1.54, 1.807) is 5.01 Å². The Bertz CT molecular complexity index is 663. The number of carbonyl (C=O) groups excluding carboxylic acids is 2.